The fraction of sp³-hybridized carbons (Fsp3) is 0.0952. The van der Waals surface area contributed by atoms with Crippen LogP contribution in [-0.4, -0.2) is 10.8 Å². The highest BCUT2D eigenvalue weighted by atomic mass is 16.6. The number of hydrogen-bond donors (Lipinski definition) is 1. The SMILES string of the molecule is O=C(NCc1ccc([N+](=O)[O-])cc1)C1c2ccccc2Oc2ccccc21. The van der Waals surface area contributed by atoms with E-state index >= 15 is 0 Å². The molecule has 0 aromatic heterocycles. The lowest BCUT2D eigenvalue weighted by Crippen LogP contribution is -2.31. The molecule has 0 fully saturated rings. The first-order valence-corrected chi connectivity index (χ1v) is 8.50. The van der Waals surface area contributed by atoms with E-state index in [0.29, 0.717) is 18.0 Å². The number of amides is 1. The standard InChI is InChI=1S/C21H16N2O4/c24-21(22-13-14-9-11-15(12-10-14)23(25)26)20-16-5-1-3-7-18(16)27-19-8-4-2-6-17(19)20/h1-12,20H,13H2,(H,22,24). The van der Waals surface area contributed by atoms with Crippen LogP contribution in [0.5, 0.6) is 11.5 Å². The van der Waals surface area contributed by atoms with Crippen LogP contribution in [0.25, 0.3) is 0 Å². The number of rotatable bonds is 4. The van der Waals surface area contributed by atoms with Crippen LogP contribution in [0.15, 0.2) is 72.8 Å². The van der Waals surface area contributed by atoms with Gasteiger partial charge in [-0.15, -0.1) is 0 Å². The number of para-hydroxylation sites is 2. The average molecular weight is 360 g/mol. The lowest BCUT2D eigenvalue weighted by Gasteiger charge is -2.27. The molecular formula is C21H16N2O4. The number of carbonyl (C=O) groups excluding carboxylic acids is 1. The zero-order chi connectivity index (χ0) is 18.8. The van der Waals surface area contributed by atoms with Crippen molar-refractivity contribution < 1.29 is 14.5 Å². The highest BCUT2D eigenvalue weighted by Gasteiger charge is 2.32. The van der Waals surface area contributed by atoms with Crippen molar-refractivity contribution in [2.75, 3.05) is 0 Å². The Morgan fingerprint density at radius 1 is 0.926 bits per heavy atom. The molecule has 1 amide bonds. The van der Waals surface area contributed by atoms with Gasteiger partial charge < -0.3 is 10.1 Å². The van der Waals surface area contributed by atoms with Crippen LogP contribution in [0.2, 0.25) is 0 Å². The van der Waals surface area contributed by atoms with E-state index in [-0.39, 0.29) is 11.6 Å². The van der Waals surface area contributed by atoms with Gasteiger partial charge in [-0.1, -0.05) is 48.5 Å². The first-order valence-electron chi connectivity index (χ1n) is 8.50. The number of non-ortho nitro benzene ring substituents is 1. The van der Waals surface area contributed by atoms with Crippen molar-refractivity contribution in [3.05, 3.63) is 99.6 Å². The third kappa shape index (κ3) is 3.25. The molecule has 6 heteroatoms. The van der Waals surface area contributed by atoms with Gasteiger partial charge in [-0.2, -0.15) is 0 Å². The van der Waals surface area contributed by atoms with Gasteiger partial charge in [0.05, 0.1) is 10.8 Å². The first-order chi connectivity index (χ1) is 13.1. The molecule has 3 aromatic rings. The highest BCUT2D eigenvalue weighted by molar-refractivity contribution is 5.89. The third-order valence-corrected chi connectivity index (χ3v) is 4.56. The molecule has 0 aliphatic carbocycles. The van der Waals surface area contributed by atoms with Gasteiger partial charge in [0.15, 0.2) is 0 Å². The smallest absolute Gasteiger partial charge is 0.269 e. The van der Waals surface area contributed by atoms with Crippen molar-refractivity contribution >= 4 is 11.6 Å². The molecule has 4 rings (SSSR count). The molecule has 1 aliphatic heterocycles. The number of benzene rings is 3. The van der Waals surface area contributed by atoms with Crippen LogP contribution in [0, 0.1) is 10.1 Å². The largest absolute Gasteiger partial charge is 0.457 e. The number of hydrogen-bond acceptors (Lipinski definition) is 4. The second-order valence-corrected chi connectivity index (χ2v) is 6.25. The van der Waals surface area contributed by atoms with Crippen molar-refractivity contribution in [2.24, 2.45) is 0 Å². The van der Waals surface area contributed by atoms with E-state index in [9.17, 15) is 14.9 Å². The lowest BCUT2D eigenvalue weighted by molar-refractivity contribution is -0.384. The number of carbonyl (C=O) groups is 1. The van der Waals surface area contributed by atoms with Gasteiger partial charge in [-0.05, 0) is 17.7 Å². The Hall–Kier alpha value is -3.67. The molecule has 1 aliphatic rings. The Bertz CT molecular complexity index is 969. The van der Waals surface area contributed by atoms with Gasteiger partial charge in [0.25, 0.3) is 5.69 Å². The zero-order valence-electron chi connectivity index (χ0n) is 14.3. The Morgan fingerprint density at radius 2 is 1.48 bits per heavy atom. The first kappa shape index (κ1) is 16.8. The quantitative estimate of drug-likeness (QED) is 0.560. The van der Waals surface area contributed by atoms with Crippen LogP contribution >= 0.6 is 0 Å². The zero-order valence-corrected chi connectivity index (χ0v) is 14.3. The summed E-state index contributed by atoms with van der Waals surface area (Å²) >= 11 is 0. The molecule has 0 spiro atoms. The van der Waals surface area contributed by atoms with E-state index in [1.54, 1.807) is 12.1 Å². The molecule has 3 aromatic carbocycles. The molecule has 0 unspecified atom stereocenters. The van der Waals surface area contributed by atoms with Gasteiger partial charge >= 0.3 is 0 Å². The number of nitro benzene ring substituents is 1. The summed E-state index contributed by atoms with van der Waals surface area (Å²) in [6.45, 7) is 0.290. The molecule has 27 heavy (non-hydrogen) atoms. The van der Waals surface area contributed by atoms with Gasteiger partial charge in [0.2, 0.25) is 5.91 Å². The fourth-order valence-electron chi connectivity index (χ4n) is 3.22. The summed E-state index contributed by atoms with van der Waals surface area (Å²) < 4.78 is 5.91. The lowest BCUT2D eigenvalue weighted by atomic mass is 9.87. The Balaban J connectivity index is 1.57. The molecule has 0 saturated heterocycles. The second kappa shape index (κ2) is 6.92. The van der Waals surface area contributed by atoms with Crippen LogP contribution < -0.4 is 10.1 Å². The number of nitrogens with one attached hydrogen (secondary N) is 1. The molecule has 6 nitrogen and oxygen atoms in total. The van der Waals surface area contributed by atoms with Crippen LogP contribution in [0.4, 0.5) is 5.69 Å². The maximum Gasteiger partial charge on any atom is 0.269 e. The van der Waals surface area contributed by atoms with Crippen molar-refractivity contribution in [3.63, 3.8) is 0 Å². The van der Waals surface area contributed by atoms with E-state index in [4.69, 9.17) is 4.74 Å². The third-order valence-electron chi connectivity index (χ3n) is 4.56. The van der Waals surface area contributed by atoms with Crippen molar-refractivity contribution in [3.8, 4) is 11.5 Å². The maximum absolute atomic E-state index is 13.0. The minimum absolute atomic E-state index is 0.0253. The van der Waals surface area contributed by atoms with E-state index in [0.717, 1.165) is 16.7 Å². The van der Waals surface area contributed by atoms with Gasteiger partial charge in [-0.25, -0.2) is 0 Å². The predicted molar refractivity (Wildman–Crippen MR) is 99.7 cm³/mol. The van der Waals surface area contributed by atoms with E-state index in [2.05, 4.69) is 5.32 Å². The average Bonchev–Trinajstić information content (AvgIpc) is 2.70. The Morgan fingerprint density at radius 3 is 2.04 bits per heavy atom. The summed E-state index contributed by atoms with van der Waals surface area (Å²) in [4.78, 5) is 23.3. The van der Waals surface area contributed by atoms with Gasteiger partial charge in [-0.3, -0.25) is 14.9 Å². The van der Waals surface area contributed by atoms with E-state index < -0.39 is 10.8 Å². The molecule has 1 heterocycles. The summed E-state index contributed by atoms with van der Waals surface area (Å²) in [5, 5.41) is 13.7. The van der Waals surface area contributed by atoms with Gasteiger partial charge in [0, 0.05) is 29.8 Å². The molecule has 134 valence electrons. The highest BCUT2D eigenvalue weighted by Crippen LogP contribution is 2.43. The second-order valence-electron chi connectivity index (χ2n) is 6.25. The molecule has 0 saturated carbocycles. The topological polar surface area (TPSA) is 81.5 Å². The van der Waals surface area contributed by atoms with Crippen molar-refractivity contribution in [2.45, 2.75) is 12.5 Å². The summed E-state index contributed by atoms with van der Waals surface area (Å²) in [6, 6.07) is 21.1. The monoisotopic (exact) mass is 360 g/mol. The number of ether oxygens (including phenoxy) is 1. The summed E-state index contributed by atoms with van der Waals surface area (Å²) in [7, 11) is 0. The Labute approximate surface area is 155 Å². The molecule has 0 atom stereocenters. The van der Waals surface area contributed by atoms with Crippen LogP contribution in [0.3, 0.4) is 0 Å². The van der Waals surface area contributed by atoms with Crippen LogP contribution in [0.1, 0.15) is 22.6 Å². The molecular weight excluding hydrogens is 344 g/mol. The van der Waals surface area contributed by atoms with Gasteiger partial charge in [0.1, 0.15) is 11.5 Å². The van der Waals surface area contributed by atoms with Crippen molar-refractivity contribution in [1.29, 1.82) is 0 Å². The number of fused-ring (bicyclic) bond motifs is 2. The summed E-state index contributed by atoms with van der Waals surface area (Å²) in [6.07, 6.45) is 0. The predicted octanol–water partition coefficient (Wildman–Crippen LogP) is 4.15. The number of nitrogens with zero attached hydrogens (tertiary/aromatic N) is 1. The summed E-state index contributed by atoms with van der Waals surface area (Å²) in [5.74, 6) is 0.735. The maximum atomic E-state index is 13.0. The fourth-order valence-corrected chi connectivity index (χ4v) is 3.22. The minimum Gasteiger partial charge on any atom is -0.457 e. The Kier molecular flexibility index (Phi) is 4.30. The van der Waals surface area contributed by atoms with Crippen molar-refractivity contribution in [1.82, 2.24) is 5.32 Å². The summed E-state index contributed by atoms with van der Waals surface area (Å²) in [5.41, 5.74) is 2.45. The number of nitro groups is 1. The molecule has 0 bridgehead atoms. The molecule has 1 N–H and O–H groups in total. The molecule has 0 radical (unpaired) electrons. The normalized spacial score (nSPS) is 12.4. The van der Waals surface area contributed by atoms with Crippen LogP contribution in [-0.2, 0) is 11.3 Å². The van der Waals surface area contributed by atoms with E-state index in [1.165, 1.54) is 12.1 Å². The van der Waals surface area contributed by atoms with E-state index in [1.807, 2.05) is 48.5 Å². The minimum atomic E-state index is -0.468.